The quantitative estimate of drug-likeness (QED) is 0.710. The Morgan fingerprint density at radius 2 is 2.07 bits per heavy atom. The van der Waals surface area contributed by atoms with Gasteiger partial charge in [0.25, 0.3) is 0 Å². The van der Waals surface area contributed by atoms with Gasteiger partial charge in [-0.2, -0.15) is 0 Å². The molecule has 1 aromatic heterocycles. The summed E-state index contributed by atoms with van der Waals surface area (Å²) >= 11 is 0. The number of hydrogen-bond donors (Lipinski definition) is 2. The van der Waals surface area contributed by atoms with Crippen LogP contribution in [-0.4, -0.2) is 59.4 Å². The van der Waals surface area contributed by atoms with Gasteiger partial charge >= 0.3 is 0 Å². The Morgan fingerprint density at radius 1 is 1.27 bits per heavy atom. The molecule has 2 saturated heterocycles. The summed E-state index contributed by atoms with van der Waals surface area (Å²) in [5.74, 6) is 0.443. The second-order valence-electron chi connectivity index (χ2n) is 8.23. The molecule has 3 heterocycles. The number of nitrogen functional groups attached to an aromatic ring is 1. The normalized spacial score (nSPS) is 24.4. The Hall–Kier alpha value is -2.93. The summed E-state index contributed by atoms with van der Waals surface area (Å²) in [6.45, 7) is 2.34. The number of nitrogens with one attached hydrogen (secondary N) is 1. The highest BCUT2D eigenvalue weighted by atomic mass is 16.2. The summed E-state index contributed by atoms with van der Waals surface area (Å²) < 4.78 is 0. The molecule has 2 fully saturated rings. The minimum atomic E-state index is -0.450. The van der Waals surface area contributed by atoms with Gasteiger partial charge in [-0.25, -0.2) is 4.98 Å². The van der Waals surface area contributed by atoms with Crippen molar-refractivity contribution >= 4 is 17.6 Å². The number of nitrogens with two attached hydrogens (primary N) is 1. The number of hydrogen-bond acceptors (Lipinski definition) is 5. The van der Waals surface area contributed by atoms with Gasteiger partial charge in [-0.1, -0.05) is 30.3 Å². The zero-order chi connectivity index (χ0) is 21.1. The SMILES string of the molecule is CNC(=O)[C@@H]1[C@@H](Cc2ccnc(N)c2)C(=O)N1CN1CCC[C@@H](c2ccccc2)C1. The largest absolute Gasteiger partial charge is 0.384 e. The van der Waals surface area contributed by atoms with E-state index >= 15 is 0 Å². The van der Waals surface area contributed by atoms with Crippen LogP contribution in [0.1, 0.15) is 29.9 Å². The third-order valence-corrected chi connectivity index (χ3v) is 6.26. The van der Waals surface area contributed by atoms with Crippen LogP contribution < -0.4 is 11.1 Å². The fraction of sp³-hybridized carbons (Fsp3) is 0.435. The van der Waals surface area contributed by atoms with Gasteiger partial charge in [0.2, 0.25) is 11.8 Å². The van der Waals surface area contributed by atoms with Crippen molar-refractivity contribution in [2.45, 2.75) is 31.2 Å². The van der Waals surface area contributed by atoms with Gasteiger partial charge in [0, 0.05) is 19.8 Å². The number of benzene rings is 1. The maximum atomic E-state index is 13.0. The van der Waals surface area contributed by atoms with Crippen LogP contribution in [0, 0.1) is 5.92 Å². The Balaban J connectivity index is 1.44. The maximum Gasteiger partial charge on any atom is 0.243 e. The van der Waals surface area contributed by atoms with Gasteiger partial charge in [-0.3, -0.25) is 14.5 Å². The minimum Gasteiger partial charge on any atom is -0.384 e. The molecular weight excluding hydrogens is 378 g/mol. The second-order valence-corrected chi connectivity index (χ2v) is 8.23. The molecule has 4 rings (SSSR count). The van der Waals surface area contributed by atoms with E-state index in [2.05, 4.69) is 39.5 Å². The summed E-state index contributed by atoms with van der Waals surface area (Å²) in [6, 6.07) is 13.7. The first-order valence-corrected chi connectivity index (χ1v) is 10.6. The first-order chi connectivity index (χ1) is 14.6. The molecule has 7 heteroatoms. The average Bonchev–Trinajstić information content (AvgIpc) is 2.78. The van der Waals surface area contributed by atoms with Crippen molar-refractivity contribution in [1.29, 1.82) is 0 Å². The molecule has 158 valence electrons. The van der Waals surface area contributed by atoms with Crippen molar-refractivity contribution in [2.75, 3.05) is 32.5 Å². The lowest BCUT2D eigenvalue weighted by Crippen LogP contribution is -2.68. The number of anilines is 1. The standard InChI is InChI=1S/C23H29N5O2/c1-25-22(29)21-19(12-16-9-10-26-20(24)13-16)23(30)28(21)15-27-11-5-8-18(14-27)17-6-3-2-4-7-17/h2-4,6-7,9-10,13,18-19,21H,5,8,11-12,14-15H2,1H3,(H2,24,26)(H,25,29)/t18-,19-,21+/m1/s1. The first-order valence-electron chi connectivity index (χ1n) is 10.6. The number of piperidine rings is 1. The van der Waals surface area contributed by atoms with Gasteiger partial charge in [0.1, 0.15) is 11.9 Å². The van der Waals surface area contributed by atoms with Crippen LogP contribution in [0.4, 0.5) is 5.82 Å². The number of nitrogens with zero attached hydrogens (tertiary/aromatic N) is 3. The number of amides is 2. The summed E-state index contributed by atoms with van der Waals surface area (Å²) in [7, 11) is 1.62. The van der Waals surface area contributed by atoms with Crippen molar-refractivity contribution in [3.8, 4) is 0 Å². The fourth-order valence-electron chi connectivity index (χ4n) is 4.72. The number of likely N-dealkylation sites (N-methyl/N-ethyl adjacent to an activating group) is 1. The molecule has 0 spiro atoms. The fourth-order valence-corrected chi connectivity index (χ4v) is 4.72. The van der Waals surface area contributed by atoms with E-state index in [-0.39, 0.29) is 17.7 Å². The third-order valence-electron chi connectivity index (χ3n) is 6.26. The molecule has 30 heavy (non-hydrogen) atoms. The van der Waals surface area contributed by atoms with Gasteiger partial charge in [-0.05, 0) is 55.0 Å². The van der Waals surface area contributed by atoms with Crippen molar-refractivity contribution < 1.29 is 9.59 Å². The molecule has 3 atom stereocenters. The highest BCUT2D eigenvalue weighted by Gasteiger charge is 2.51. The molecule has 0 aliphatic carbocycles. The Morgan fingerprint density at radius 3 is 2.80 bits per heavy atom. The summed E-state index contributed by atoms with van der Waals surface area (Å²) in [5.41, 5.74) is 8.04. The van der Waals surface area contributed by atoms with Crippen molar-refractivity contribution in [3.63, 3.8) is 0 Å². The van der Waals surface area contributed by atoms with E-state index in [1.165, 1.54) is 5.56 Å². The molecule has 7 nitrogen and oxygen atoms in total. The van der Waals surface area contributed by atoms with Crippen LogP contribution in [0.2, 0.25) is 0 Å². The van der Waals surface area contributed by atoms with E-state index in [0.717, 1.165) is 31.5 Å². The van der Waals surface area contributed by atoms with E-state index in [0.29, 0.717) is 24.8 Å². The molecule has 0 bridgehead atoms. The number of carbonyl (C=O) groups is 2. The summed E-state index contributed by atoms with van der Waals surface area (Å²) in [6.07, 6.45) is 4.37. The molecule has 0 saturated carbocycles. The van der Waals surface area contributed by atoms with Crippen LogP contribution in [0.3, 0.4) is 0 Å². The highest BCUT2D eigenvalue weighted by Crippen LogP contribution is 2.33. The van der Waals surface area contributed by atoms with Crippen LogP contribution >= 0.6 is 0 Å². The molecule has 2 aromatic rings. The van der Waals surface area contributed by atoms with Crippen LogP contribution in [0.25, 0.3) is 0 Å². The lowest BCUT2D eigenvalue weighted by Gasteiger charge is -2.49. The van der Waals surface area contributed by atoms with Crippen LogP contribution in [0.15, 0.2) is 48.7 Å². The first kappa shape index (κ1) is 20.3. The van der Waals surface area contributed by atoms with Gasteiger partial charge in [0.05, 0.1) is 12.6 Å². The number of likely N-dealkylation sites (tertiary alicyclic amines) is 2. The molecule has 2 aliphatic heterocycles. The van der Waals surface area contributed by atoms with E-state index < -0.39 is 6.04 Å². The van der Waals surface area contributed by atoms with Crippen molar-refractivity contribution in [1.82, 2.24) is 20.1 Å². The Bertz CT molecular complexity index is 903. The van der Waals surface area contributed by atoms with Crippen molar-refractivity contribution in [2.24, 2.45) is 5.92 Å². The Labute approximate surface area is 177 Å². The molecule has 2 aliphatic rings. The third kappa shape index (κ3) is 4.16. The van der Waals surface area contributed by atoms with Crippen LogP contribution in [-0.2, 0) is 16.0 Å². The molecule has 3 N–H and O–H groups in total. The Kier molecular flexibility index (Phi) is 5.99. The van der Waals surface area contributed by atoms with E-state index in [1.54, 1.807) is 24.2 Å². The molecule has 0 radical (unpaired) electrons. The molecular formula is C23H29N5O2. The highest BCUT2D eigenvalue weighted by molar-refractivity contribution is 5.99. The monoisotopic (exact) mass is 407 g/mol. The van der Waals surface area contributed by atoms with E-state index in [4.69, 9.17) is 5.73 Å². The summed E-state index contributed by atoms with van der Waals surface area (Å²) in [4.78, 5) is 33.6. The van der Waals surface area contributed by atoms with E-state index in [9.17, 15) is 9.59 Å². The molecule has 2 amide bonds. The number of rotatable bonds is 6. The smallest absolute Gasteiger partial charge is 0.243 e. The van der Waals surface area contributed by atoms with Gasteiger partial charge in [0.15, 0.2) is 0 Å². The van der Waals surface area contributed by atoms with Crippen LogP contribution in [0.5, 0.6) is 0 Å². The van der Waals surface area contributed by atoms with Gasteiger partial charge < -0.3 is 16.0 Å². The summed E-state index contributed by atoms with van der Waals surface area (Å²) in [5, 5.41) is 2.73. The van der Waals surface area contributed by atoms with Gasteiger partial charge in [-0.15, -0.1) is 0 Å². The average molecular weight is 408 g/mol. The lowest BCUT2D eigenvalue weighted by molar-refractivity contribution is -0.167. The predicted octanol–water partition coefficient (Wildman–Crippen LogP) is 1.62. The number of carbonyl (C=O) groups excluding carboxylic acids is 2. The predicted molar refractivity (Wildman–Crippen MR) is 115 cm³/mol. The lowest BCUT2D eigenvalue weighted by atomic mass is 9.82. The molecule has 0 unspecified atom stereocenters. The number of aromatic nitrogens is 1. The zero-order valence-corrected chi connectivity index (χ0v) is 17.3. The topological polar surface area (TPSA) is 91.6 Å². The number of pyridine rings is 1. The van der Waals surface area contributed by atoms with Crippen molar-refractivity contribution in [3.05, 3.63) is 59.8 Å². The maximum absolute atomic E-state index is 13.0. The zero-order valence-electron chi connectivity index (χ0n) is 17.3. The number of β-lactam (4-membered cyclic amide) rings is 1. The minimum absolute atomic E-state index is 0.0285. The molecule has 1 aromatic carbocycles. The second kappa shape index (κ2) is 8.83. The van der Waals surface area contributed by atoms with E-state index in [1.807, 2.05) is 12.1 Å².